The third kappa shape index (κ3) is 1.74. The molecule has 2 N–H and O–H groups in total. The Balaban J connectivity index is 2.26. The molecule has 1 aliphatic rings. The first-order valence-electron chi connectivity index (χ1n) is 4.89. The average Bonchev–Trinajstić information content (AvgIpc) is 2.19. The van der Waals surface area contributed by atoms with Gasteiger partial charge in [0.05, 0.1) is 13.7 Å². The summed E-state index contributed by atoms with van der Waals surface area (Å²) >= 11 is 0. The number of rotatable bonds is 2. The standard InChI is InChI=1S/C11H15NO/c1-12-8-11-10-5-3-2-4-9(10)6-7-13-11/h2-5,11-12H,6-8H2,1H3/p+1/t11-/m0/s1. The van der Waals surface area contributed by atoms with E-state index in [1.807, 2.05) is 0 Å². The van der Waals surface area contributed by atoms with Crippen LogP contribution in [0, 0.1) is 0 Å². The van der Waals surface area contributed by atoms with Crippen molar-refractivity contribution >= 4 is 0 Å². The molecule has 13 heavy (non-hydrogen) atoms. The van der Waals surface area contributed by atoms with Gasteiger partial charge in [0.25, 0.3) is 0 Å². The summed E-state index contributed by atoms with van der Waals surface area (Å²) in [6, 6.07) is 8.59. The molecule has 1 aromatic rings. The van der Waals surface area contributed by atoms with E-state index in [1.54, 1.807) is 0 Å². The van der Waals surface area contributed by atoms with Gasteiger partial charge in [-0.25, -0.2) is 0 Å². The lowest BCUT2D eigenvalue weighted by atomic mass is 9.98. The summed E-state index contributed by atoms with van der Waals surface area (Å²) < 4.78 is 5.71. The molecule has 0 saturated heterocycles. The monoisotopic (exact) mass is 178 g/mol. The van der Waals surface area contributed by atoms with Crippen LogP contribution < -0.4 is 5.32 Å². The summed E-state index contributed by atoms with van der Waals surface area (Å²) in [5.74, 6) is 0. The Hall–Kier alpha value is -0.860. The van der Waals surface area contributed by atoms with E-state index < -0.39 is 0 Å². The first-order chi connectivity index (χ1) is 6.42. The van der Waals surface area contributed by atoms with Gasteiger partial charge in [-0.15, -0.1) is 0 Å². The van der Waals surface area contributed by atoms with E-state index in [1.165, 1.54) is 11.1 Å². The van der Waals surface area contributed by atoms with Crippen molar-refractivity contribution in [1.82, 2.24) is 0 Å². The maximum absolute atomic E-state index is 5.71. The summed E-state index contributed by atoms with van der Waals surface area (Å²) in [7, 11) is 2.08. The van der Waals surface area contributed by atoms with Crippen LogP contribution in [0.4, 0.5) is 0 Å². The molecule has 0 aliphatic carbocycles. The summed E-state index contributed by atoms with van der Waals surface area (Å²) in [6.45, 7) is 1.90. The highest BCUT2D eigenvalue weighted by molar-refractivity contribution is 5.30. The molecule has 0 radical (unpaired) electrons. The van der Waals surface area contributed by atoms with Crippen LogP contribution in [-0.2, 0) is 11.2 Å². The molecule has 0 fully saturated rings. The van der Waals surface area contributed by atoms with Gasteiger partial charge < -0.3 is 10.1 Å². The summed E-state index contributed by atoms with van der Waals surface area (Å²) in [5.41, 5.74) is 2.84. The van der Waals surface area contributed by atoms with Gasteiger partial charge in [0.15, 0.2) is 0 Å². The van der Waals surface area contributed by atoms with E-state index in [0.717, 1.165) is 19.6 Å². The number of hydrogen-bond donors (Lipinski definition) is 1. The molecule has 2 rings (SSSR count). The van der Waals surface area contributed by atoms with Crippen molar-refractivity contribution in [3.63, 3.8) is 0 Å². The van der Waals surface area contributed by atoms with Crippen LogP contribution in [0.15, 0.2) is 24.3 Å². The molecule has 70 valence electrons. The third-order valence-electron chi connectivity index (χ3n) is 2.54. The second-order valence-corrected chi connectivity index (χ2v) is 3.45. The number of nitrogens with two attached hydrogens (primary N) is 1. The van der Waals surface area contributed by atoms with Crippen LogP contribution in [0.3, 0.4) is 0 Å². The van der Waals surface area contributed by atoms with Gasteiger partial charge in [-0.2, -0.15) is 0 Å². The highest BCUT2D eigenvalue weighted by Gasteiger charge is 2.20. The molecule has 0 saturated carbocycles. The average molecular weight is 178 g/mol. The van der Waals surface area contributed by atoms with E-state index in [-0.39, 0.29) is 0 Å². The fourth-order valence-electron chi connectivity index (χ4n) is 1.89. The molecule has 1 aromatic carbocycles. The van der Waals surface area contributed by atoms with Crippen molar-refractivity contribution in [2.24, 2.45) is 0 Å². The number of fused-ring (bicyclic) bond motifs is 1. The lowest BCUT2D eigenvalue weighted by Crippen LogP contribution is -2.81. The van der Waals surface area contributed by atoms with E-state index in [2.05, 4.69) is 36.6 Å². The van der Waals surface area contributed by atoms with E-state index in [4.69, 9.17) is 4.74 Å². The van der Waals surface area contributed by atoms with Crippen LogP contribution in [0.2, 0.25) is 0 Å². The van der Waals surface area contributed by atoms with Crippen LogP contribution in [-0.4, -0.2) is 20.2 Å². The van der Waals surface area contributed by atoms with Crippen LogP contribution in [0.5, 0.6) is 0 Å². The maximum Gasteiger partial charge on any atom is 0.131 e. The predicted molar refractivity (Wildman–Crippen MR) is 51.6 cm³/mol. The Bertz CT molecular complexity index is 285. The largest absolute Gasteiger partial charge is 0.367 e. The molecule has 2 nitrogen and oxygen atoms in total. The van der Waals surface area contributed by atoms with Crippen LogP contribution in [0.25, 0.3) is 0 Å². The van der Waals surface area contributed by atoms with Gasteiger partial charge in [0.2, 0.25) is 0 Å². The Labute approximate surface area is 78.9 Å². The second kappa shape index (κ2) is 3.90. The van der Waals surface area contributed by atoms with E-state index >= 15 is 0 Å². The van der Waals surface area contributed by atoms with Crippen molar-refractivity contribution < 1.29 is 10.1 Å². The molecule has 0 aromatic heterocycles. The van der Waals surface area contributed by atoms with Crippen molar-refractivity contribution in [2.75, 3.05) is 20.2 Å². The van der Waals surface area contributed by atoms with E-state index in [0.29, 0.717) is 6.10 Å². The quantitative estimate of drug-likeness (QED) is 0.701. The molecule has 1 aliphatic heterocycles. The molecule has 1 atom stereocenters. The minimum Gasteiger partial charge on any atom is -0.367 e. The molecule has 2 heteroatoms. The lowest BCUT2D eigenvalue weighted by molar-refractivity contribution is -0.635. The first kappa shape index (κ1) is 8.73. The number of benzene rings is 1. The van der Waals surface area contributed by atoms with Crippen LogP contribution >= 0.6 is 0 Å². The van der Waals surface area contributed by atoms with Crippen molar-refractivity contribution in [3.05, 3.63) is 35.4 Å². The normalized spacial score (nSPS) is 21.2. The fourth-order valence-corrected chi connectivity index (χ4v) is 1.89. The molecular weight excluding hydrogens is 162 g/mol. The summed E-state index contributed by atoms with van der Waals surface area (Å²) in [4.78, 5) is 0. The first-order valence-corrected chi connectivity index (χ1v) is 4.89. The van der Waals surface area contributed by atoms with Crippen molar-refractivity contribution in [3.8, 4) is 0 Å². The van der Waals surface area contributed by atoms with Gasteiger partial charge in [-0.05, 0) is 17.5 Å². The highest BCUT2D eigenvalue weighted by atomic mass is 16.5. The predicted octanol–water partition coefficient (Wildman–Crippen LogP) is 0.494. The van der Waals surface area contributed by atoms with Gasteiger partial charge >= 0.3 is 0 Å². The number of likely N-dealkylation sites (N-methyl/N-ethyl adjacent to an activating group) is 1. The van der Waals surface area contributed by atoms with Gasteiger partial charge in [-0.1, -0.05) is 24.3 Å². The SMILES string of the molecule is C[NH2+]C[C@@H]1OCCc2ccccc21. The topological polar surface area (TPSA) is 25.8 Å². The fraction of sp³-hybridized carbons (Fsp3) is 0.455. The molecular formula is C11H16NO+. The molecule has 0 spiro atoms. The number of ether oxygens (including phenoxy) is 1. The smallest absolute Gasteiger partial charge is 0.131 e. The Morgan fingerprint density at radius 3 is 3.15 bits per heavy atom. The number of hydrogen-bond acceptors (Lipinski definition) is 1. The van der Waals surface area contributed by atoms with Gasteiger partial charge in [0.1, 0.15) is 12.6 Å². The lowest BCUT2D eigenvalue weighted by Gasteiger charge is -2.24. The zero-order valence-corrected chi connectivity index (χ0v) is 7.99. The van der Waals surface area contributed by atoms with Gasteiger partial charge in [-0.3, -0.25) is 0 Å². The second-order valence-electron chi connectivity index (χ2n) is 3.45. The molecule has 0 unspecified atom stereocenters. The highest BCUT2D eigenvalue weighted by Crippen LogP contribution is 2.25. The minimum atomic E-state index is 0.301. The summed E-state index contributed by atoms with van der Waals surface area (Å²) in [6.07, 6.45) is 1.37. The Morgan fingerprint density at radius 1 is 1.46 bits per heavy atom. The van der Waals surface area contributed by atoms with Gasteiger partial charge in [0, 0.05) is 0 Å². The molecule has 1 heterocycles. The van der Waals surface area contributed by atoms with Crippen molar-refractivity contribution in [1.29, 1.82) is 0 Å². The zero-order valence-electron chi connectivity index (χ0n) is 7.99. The third-order valence-corrected chi connectivity index (χ3v) is 2.54. The Morgan fingerprint density at radius 2 is 2.31 bits per heavy atom. The van der Waals surface area contributed by atoms with Crippen molar-refractivity contribution in [2.45, 2.75) is 12.5 Å². The maximum atomic E-state index is 5.71. The van der Waals surface area contributed by atoms with E-state index in [9.17, 15) is 0 Å². The minimum absolute atomic E-state index is 0.301. The van der Waals surface area contributed by atoms with Crippen LogP contribution in [0.1, 0.15) is 17.2 Å². The molecule has 0 amide bonds. The molecule has 0 bridgehead atoms. The zero-order chi connectivity index (χ0) is 9.10. The number of quaternary nitrogens is 1. The Kier molecular flexibility index (Phi) is 2.62. The summed E-state index contributed by atoms with van der Waals surface area (Å²) in [5, 5.41) is 2.17.